The van der Waals surface area contributed by atoms with Gasteiger partial charge in [0.05, 0.1) is 7.11 Å². The van der Waals surface area contributed by atoms with Crippen molar-refractivity contribution in [1.82, 2.24) is 10.6 Å². The molecule has 2 atom stereocenters. The molecule has 0 radical (unpaired) electrons. The predicted molar refractivity (Wildman–Crippen MR) is 103 cm³/mol. The maximum Gasteiger partial charge on any atom is 0.460 e. The van der Waals surface area contributed by atoms with Crippen LogP contribution in [0.15, 0.2) is 0 Å². The largest absolute Gasteiger partial charge is 0.467 e. The van der Waals surface area contributed by atoms with Crippen molar-refractivity contribution >= 4 is 18.0 Å². The standard InChI is InChI=1S/C19H19F17N2O5/c1-6(9(40)42-5)37-8(39)7(38-10(41)43-11(2,3)4)12(20,21)13(22,23)14(24,25)15(26,27)16(28,29)17(30,31)18(32,33)19(34,35)36/h6-7H,1-5H3,(H,37,39)(H,38,41)/t6-,7?/m0/s1. The van der Waals surface area contributed by atoms with Gasteiger partial charge in [-0.05, 0) is 27.7 Å². The molecule has 2 N–H and O–H groups in total. The Kier molecular flexibility index (Phi) is 10.7. The number of hydrogen-bond donors (Lipinski definition) is 2. The third kappa shape index (κ3) is 6.75. The molecule has 0 bridgehead atoms. The maximum atomic E-state index is 14.8. The maximum absolute atomic E-state index is 14.8. The van der Waals surface area contributed by atoms with Gasteiger partial charge in [-0.3, -0.25) is 4.79 Å². The van der Waals surface area contributed by atoms with Crippen molar-refractivity contribution < 1.29 is 98.5 Å². The molecule has 0 aromatic rings. The second-order valence-corrected chi connectivity index (χ2v) is 9.40. The van der Waals surface area contributed by atoms with Crippen LogP contribution in [0.5, 0.6) is 0 Å². The Balaban J connectivity index is 7.18. The third-order valence-electron chi connectivity index (χ3n) is 4.95. The minimum atomic E-state index is -8.91. The fourth-order valence-electron chi connectivity index (χ4n) is 2.64. The SMILES string of the molecule is COC(=O)[C@H](C)NC(=O)C(NC(=O)OC(C)(C)C)C(F)(F)C(F)(F)C(F)(F)C(F)(F)C(F)(F)C(F)(F)C(F)(F)C(F)(F)F. The summed E-state index contributed by atoms with van der Waals surface area (Å²) < 4.78 is 240. The van der Waals surface area contributed by atoms with Crippen LogP contribution in [-0.4, -0.2) is 90.4 Å². The summed E-state index contributed by atoms with van der Waals surface area (Å²) in [7, 11) is 0.574. The van der Waals surface area contributed by atoms with Gasteiger partial charge >= 0.3 is 59.7 Å². The predicted octanol–water partition coefficient (Wildman–Crippen LogP) is 5.57. The Hall–Kier alpha value is -2.98. The van der Waals surface area contributed by atoms with E-state index < -0.39 is 83.3 Å². The summed E-state index contributed by atoms with van der Waals surface area (Å²) in [6.45, 7) is 3.32. The second kappa shape index (κ2) is 11.5. The lowest BCUT2D eigenvalue weighted by atomic mass is 9.87. The van der Waals surface area contributed by atoms with E-state index >= 15 is 0 Å². The molecule has 2 amide bonds. The molecule has 0 aromatic carbocycles. The average Bonchev–Trinajstić information content (AvgIpc) is 2.78. The van der Waals surface area contributed by atoms with Gasteiger partial charge < -0.3 is 20.1 Å². The van der Waals surface area contributed by atoms with Crippen molar-refractivity contribution in [2.75, 3.05) is 7.11 Å². The van der Waals surface area contributed by atoms with Crippen molar-refractivity contribution in [3.8, 4) is 0 Å². The Labute approximate surface area is 228 Å². The molecule has 0 aliphatic rings. The van der Waals surface area contributed by atoms with Gasteiger partial charge in [0.1, 0.15) is 11.6 Å². The van der Waals surface area contributed by atoms with Crippen LogP contribution in [0.25, 0.3) is 0 Å². The Morgan fingerprint density at radius 3 is 1.26 bits per heavy atom. The molecular formula is C19H19F17N2O5. The van der Waals surface area contributed by atoms with Gasteiger partial charge in [0, 0.05) is 0 Å². The number of amides is 2. The number of esters is 1. The number of halogens is 17. The summed E-state index contributed by atoms with van der Waals surface area (Å²) >= 11 is 0. The molecule has 0 heterocycles. The Bertz CT molecular complexity index is 1050. The van der Waals surface area contributed by atoms with Crippen LogP contribution in [0.4, 0.5) is 79.4 Å². The lowest BCUT2D eigenvalue weighted by Gasteiger charge is -2.43. The summed E-state index contributed by atoms with van der Waals surface area (Å²) in [6.07, 6.45) is -10.3. The minimum Gasteiger partial charge on any atom is -0.467 e. The van der Waals surface area contributed by atoms with Gasteiger partial charge in [0.25, 0.3) is 0 Å². The molecule has 43 heavy (non-hydrogen) atoms. The van der Waals surface area contributed by atoms with Crippen molar-refractivity contribution in [3.63, 3.8) is 0 Å². The number of hydrogen-bond acceptors (Lipinski definition) is 5. The van der Waals surface area contributed by atoms with E-state index in [0.717, 1.165) is 26.1 Å². The highest BCUT2D eigenvalue weighted by molar-refractivity contribution is 5.90. The summed E-state index contributed by atoms with van der Waals surface area (Å²) in [6, 6.07) is -6.88. The van der Waals surface area contributed by atoms with Crippen LogP contribution in [0.1, 0.15) is 27.7 Å². The zero-order valence-corrected chi connectivity index (χ0v) is 21.6. The van der Waals surface area contributed by atoms with E-state index in [2.05, 4.69) is 9.47 Å². The van der Waals surface area contributed by atoms with E-state index in [4.69, 9.17) is 0 Å². The van der Waals surface area contributed by atoms with E-state index in [0.29, 0.717) is 19.4 Å². The number of methoxy groups -OCH3 is 1. The van der Waals surface area contributed by atoms with Gasteiger partial charge in [-0.25, -0.2) is 9.59 Å². The molecule has 0 rings (SSSR count). The van der Waals surface area contributed by atoms with E-state index in [1.165, 1.54) is 0 Å². The molecule has 0 spiro atoms. The molecule has 24 heteroatoms. The molecule has 1 unspecified atom stereocenters. The van der Waals surface area contributed by atoms with Crippen LogP contribution in [-0.2, 0) is 19.1 Å². The molecule has 0 saturated heterocycles. The highest BCUT2D eigenvalue weighted by Crippen LogP contribution is 2.64. The Morgan fingerprint density at radius 1 is 0.581 bits per heavy atom. The molecule has 0 aliphatic carbocycles. The zero-order chi connectivity index (χ0) is 35.2. The highest BCUT2D eigenvalue weighted by atomic mass is 19.4. The Morgan fingerprint density at radius 2 is 0.930 bits per heavy atom. The van der Waals surface area contributed by atoms with Crippen LogP contribution in [0.2, 0.25) is 0 Å². The van der Waals surface area contributed by atoms with Gasteiger partial charge in [-0.1, -0.05) is 0 Å². The summed E-state index contributed by atoms with van der Waals surface area (Å²) in [4.78, 5) is 35.4. The monoisotopic (exact) mass is 678 g/mol. The molecule has 0 fully saturated rings. The van der Waals surface area contributed by atoms with Crippen LogP contribution >= 0.6 is 0 Å². The molecule has 0 saturated carbocycles. The summed E-state index contributed by atoms with van der Waals surface area (Å²) in [5, 5.41) is 1.52. The van der Waals surface area contributed by atoms with Crippen molar-refractivity contribution in [3.05, 3.63) is 0 Å². The first-order valence-electron chi connectivity index (χ1n) is 10.6. The zero-order valence-electron chi connectivity index (χ0n) is 21.6. The molecule has 7 nitrogen and oxygen atoms in total. The van der Waals surface area contributed by atoms with E-state index in [-0.39, 0.29) is 0 Å². The first-order chi connectivity index (χ1) is 18.5. The van der Waals surface area contributed by atoms with E-state index in [9.17, 15) is 89.0 Å². The van der Waals surface area contributed by atoms with E-state index in [1.54, 1.807) is 0 Å². The van der Waals surface area contributed by atoms with Crippen LogP contribution in [0.3, 0.4) is 0 Å². The lowest BCUT2D eigenvalue weighted by Crippen LogP contribution is -2.76. The normalized spacial score (nSPS) is 16.2. The summed E-state index contributed by atoms with van der Waals surface area (Å²) in [5.41, 5.74) is -1.80. The van der Waals surface area contributed by atoms with Crippen molar-refractivity contribution in [1.29, 1.82) is 0 Å². The summed E-state index contributed by atoms with van der Waals surface area (Å²) in [5.74, 6) is -63.8. The smallest absolute Gasteiger partial charge is 0.460 e. The molecule has 0 aromatic heterocycles. The quantitative estimate of drug-likeness (QED) is 0.221. The fourth-order valence-corrected chi connectivity index (χ4v) is 2.64. The second-order valence-electron chi connectivity index (χ2n) is 9.40. The molecular weight excluding hydrogens is 659 g/mol. The average molecular weight is 678 g/mol. The number of rotatable bonds is 11. The third-order valence-corrected chi connectivity index (χ3v) is 4.95. The van der Waals surface area contributed by atoms with Gasteiger partial charge in [-0.2, -0.15) is 74.6 Å². The number of alkyl halides is 17. The molecule has 0 aliphatic heterocycles. The van der Waals surface area contributed by atoms with Crippen LogP contribution < -0.4 is 10.6 Å². The van der Waals surface area contributed by atoms with E-state index in [1.807, 2.05) is 0 Å². The van der Waals surface area contributed by atoms with Crippen molar-refractivity contribution in [2.24, 2.45) is 0 Å². The van der Waals surface area contributed by atoms with Crippen molar-refractivity contribution in [2.45, 2.75) is 93.0 Å². The lowest BCUT2D eigenvalue weighted by molar-refractivity contribution is -0.462. The number of carbonyl (C=O) groups is 3. The van der Waals surface area contributed by atoms with Gasteiger partial charge in [-0.15, -0.1) is 0 Å². The topological polar surface area (TPSA) is 93.7 Å². The highest BCUT2D eigenvalue weighted by Gasteiger charge is 2.95. The first kappa shape index (κ1) is 40.0. The number of alkyl carbamates (subject to hydrolysis) is 1. The van der Waals surface area contributed by atoms with Gasteiger partial charge in [0.2, 0.25) is 5.91 Å². The van der Waals surface area contributed by atoms with Crippen LogP contribution in [0, 0.1) is 0 Å². The first-order valence-corrected chi connectivity index (χ1v) is 10.6. The number of nitrogens with one attached hydrogen (secondary N) is 2. The molecule has 254 valence electrons. The minimum absolute atomic E-state index is 0.481. The fraction of sp³-hybridized carbons (Fsp3) is 0.842. The number of carbonyl (C=O) groups excluding carboxylic acids is 3. The number of ether oxygens (including phenoxy) is 2. The van der Waals surface area contributed by atoms with Gasteiger partial charge in [0.15, 0.2) is 6.04 Å².